The second-order valence-corrected chi connectivity index (χ2v) is 8.35. The number of nitrogens with zero attached hydrogens (tertiary/aromatic N) is 4. The van der Waals surface area contributed by atoms with E-state index in [9.17, 15) is 15.0 Å². The molecular formula is C14H20N6O5Se. The van der Waals surface area contributed by atoms with Gasteiger partial charge in [0.25, 0.3) is 0 Å². The molecule has 1 unspecified atom stereocenters. The van der Waals surface area contributed by atoms with Crippen molar-refractivity contribution < 1.29 is 24.9 Å². The molecule has 2 aromatic heterocycles. The van der Waals surface area contributed by atoms with E-state index in [0.717, 1.165) is 0 Å². The van der Waals surface area contributed by atoms with Crippen molar-refractivity contribution in [1.29, 1.82) is 0 Å². The number of carboxylic acid groups (broad SMARTS) is 1. The predicted molar refractivity (Wildman–Crippen MR) is 91.3 cm³/mol. The van der Waals surface area contributed by atoms with Crippen molar-refractivity contribution in [3.63, 3.8) is 0 Å². The number of aliphatic carboxylic acids is 1. The molecule has 1 aliphatic rings. The molecule has 2 aromatic rings. The first-order valence-electron chi connectivity index (χ1n) is 7.91. The number of carbonyl (C=O) groups is 1. The molecule has 12 heteroatoms. The van der Waals surface area contributed by atoms with Crippen molar-refractivity contribution in [2.24, 2.45) is 5.73 Å². The minimum atomic E-state index is -1.15. The number of ether oxygens (including phenoxy) is 1. The first-order chi connectivity index (χ1) is 12.4. The van der Waals surface area contributed by atoms with Crippen LogP contribution in [0.3, 0.4) is 0 Å². The first-order valence-corrected chi connectivity index (χ1v) is 10.3. The van der Waals surface area contributed by atoms with Crippen LogP contribution in [0.15, 0.2) is 12.7 Å². The zero-order valence-electron chi connectivity index (χ0n) is 13.7. The summed E-state index contributed by atoms with van der Waals surface area (Å²) in [6, 6.07) is -0.882. The van der Waals surface area contributed by atoms with Crippen molar-refractivity contribution in [2.45, 2.75) is 47.6 Å². The van der Waals surface area contributed by atoms with Gasteiger partial charge in [-0.2, -0.15) is 0 Å². The van der Waals surface area contributed by atoms with E-state index in [1.54, 1.807) is 0 Å². The van der Waals surface area contributed by atoms with Crippen LogP contribution in [0, 0.1) is 0 Å². The molecule has 11 nitrogen and oxygen atoms in total. The van der Waals surface area contributed by atoms with E-state index >= 15 is 0 Å². The van der Waals surface area contributed by atoms with Gasteiger partial charge in [-0.3, -0.25) is 0 Å². The fourth-order valence-electron chi connectivity index (χ4n) is 2.69. The molecule has 7 N–H and O–H groups in total. The Balaban J connectivity index is 1.64. The second kappa shape index (κ2) is 7.82. The summed E-state index contributed by atoms with van der Waals surface area (Å²) in [5.74, 6) is -0.807. The van der Waals surface area contributed by atoms with Gasteiger partial charge in [0.2, 0.25) is 0 Å². The van der Waals surface area contributed by atoms with Crippen molar-refractivity contribution in [2.75, 3.05) is 5.73 Å². The van der Waals surface area contributed by atoms with Gasteiger partial charge in [-0.1, -0.05) is 0 Å². The Kier molecular flexibility index (Phi) is 5.70. The van der Waals surface area contributed by atoms with Crippen LogP contribution in [0.25, 0.3) is 11.2 Å². The quantitative estimate of drug-likeness (QED) is 0.252. The maximum absolute atomic E-state index is 10.7. The average Bonchev–Trinajstić information content (AvgIpc) is 3.15. The van der Waals surface area contributed by atoms with Crippen molar-refractivity contribution in [3.05, 3.63) is 12.7 Å². The molecule has 3 rings (SSSR count). The summed E-state index contributed by atoms with van der Waals surface area (Å²) >= 11 is 0.0247. The molecule has 0 aromatic carbocycles. The molecule has 1 fully saturated rings. The number of hydrogen-bond acceptors (Lipinski definition) is 9. The van der Waals surface area contributed by atoms with Crippen LogP contribution in [0.5, 0.6) is 0 Å². The van der Waals surface area contributed by atoms with Crippen molar-refractivity contribution >= 4 is 37.9 Å². The molecule has 1 aliphatic heterocycles. The fraction of sp³-hybridized carbons (Fsp3) is 0.571. The third kappa shape index (κ3) is 3.65. The Morgan fingerprint density at radius 2 is 2.12 bits per heavy atom. The number of aromatic nitrogens is 4. The van der Waals surface area contributed by atoms with E-state index in [-0.39, 0.29) is 20.8 Å². The molecule has 0 aliphatic carbocycles. The summed E-state index contributed by atoms with van der Waals surface area (Å²) in [6.07, 6.45) is -0.515. The van der Waals surface area contributed by atoms with Gasteiger partial charge in [0, 0.05) is 0 Å². The normalized spacial score (nSPS) is 27.0. The third-order valence-corrected chi connectivity index (χ3v) is 6.45. The van der Waals surface area contributed by atoms with Gasteiger partial charge in [-0.05, 0) is 0 Å². The van der Waals surface area contributed by atoms with Gasteiger partial charge in [0.15, 0.2) is 0 Å². The zero-order chi connectivity index (χ0) is 18.8. The maximum atomic E-state index is 10.7. The van der Waals surface area contributed by atoms with Crippen LogP contribution >= 0.6 is 0 Å². The van der Waals surface area contributed by atoms with E-state index in [1.165, 1.54) is 17.2 Å². The molecule has 0 amide bonds. The molecule has 0 saturated carbocycles. The number of aliphatic hydroxyl groups is 2. The molecule has 0 bridgehead atoms. The van der Waals surface area contributed by atoms with Crippen LogP contribution in [0.2, 0.25) is 10.6 Å². The Labute approximate surface area is 154 Å². The number of hydrogen-bond donors (Lipinski definition) is 5. The van der Waals surface area contributed by atoms with Crippen LogP contribution in [0.4, 0.5) is 5.82 Å². The van der Waals surface area contributed by atoms with Crippen LogP contribution in [-0.4, -0.2) is 80.1 Å². The average molecular weight is 431 g/mol. The Bertz CT molecular complexity index is 788. The van der Waals surface area contributed by atoms with Crippen LogP contribution in [-0.2, 0) is 9.53 Å². The number of fused-ring (bicyclic) bond motifs is 1. The number of carboxylic acids is 1. The molecule has 26 heavy (non-hydrogen) atoms. The Morgan fingerprint density at radius 1 is 1.35 bits per heavy atom. The molecule has 3 heterocycles. The fourth-order valence-corrected chi connectivity index (χ4v) is 4.98. The Hall–Kier alpha value is -1.82. The first kappa shape index (κ1) is 19.0. The van der Waals surface area contributed by atoms with Gasteiger partial charge in [0.1, 0.15) is 0 Å². The summed E-state index contributed by atoms with van der Waals surface area (Å²) < 4.78 is 7.35. The van der Waals surface area contributed by atoms with E-state index < -0.39 is 36.6 Å². The SMILES string of the molecule is Nc1ncnc2c1ncn2[C@@H]1O[C@H](C[Se]CC[C@@H](N)C(=O)O)[C@H](O)C1O. The van der Waals surface area contributed by atoms with Crippen LogP contribution in [0.1, 0.15) is 12.6 Å². The van der Waals surface area contributed by atoms with Gasteiger partial charge in [0.05, 0.1) is 0 Å². The number of anilines is 1. The summed E-state index contributed by atoms with van der Waals surface area (Å²) in [5, 5.41) is 30.6. The van der Waals surface area contributed by atoms with Crippen molar-refractivity contribution in [1.82, 2.24) is 19.5 Å². The van der Waals surface area contributed by atoms with E-state index in [2.05, 4.69) is 15.0 Å². The standard InChI is InChI=1S/C14H20N6O5Se/c15-6(14(23)24)1-2-26-3-7-9(21)10(22)13(25-7)20-5-19-8-11(16)17-4-18-12(8)20/h4-7,9-10,13,21-22H,1-3,15H2,(H,23,24)(H2,16,17,18)/t6-,7-,9+,10?,13-/m1/s1. The van der Waals surface area contributed by atoms with Gasteiger partial charge in [-0.25, -0.2) is 0 Å². The number of imidazole rings is 1. The van der Waals surface area contributed by atoms with E-state index in [0.29, 0.717) is 28.2 Å². The zero-order valence-corrected chi connectivity index (χ0v) is 15.4. The molecule has 142 valence electrons. The molecular weight excluding hydrogens is 411 g/mol. The van der Waals surface area contributed by atoms with Crippen molar-refractivity contribution in [3.8, 4) is 0 Å². The summed E-state index contributed by atoms with van der Waals surface area (Å²) in [5.41, 5.74) is 12.0. The Morgan fingerprint density at radius 3 is 2.85 bits per heavy atom. The number of rotatable bonds is 7. The number of nitrogen functional groups attached to an aromatic ring is 1. The molecule has 0 spiro atoms. The third-order valence-electron chi connectivity index (χ3n) is 4.17. The van der Waals surface area contributed by atoms with Gasteiger partial charge < -0.3 is 0 Å². The van der Waals surface area contributed by atoms with Gasteiger partial charge >= 0.3 is 154 Å². The minimum absolute atomic E-state index is 0.0247. The van der Waals surface area contributed by atoms with E-state index in [4.69, 9.17) is 21.3 Å². The molecule has 5 atom stereocenters. The summed E-state index contributed by atoms with van der Waals surface area (Å²) in [7, 11) is 0. The topological polar surface area (TPSA) is 183 Å². The van der Waals surface area contributed by atoms with Gasteiger partial charge in [-0.15, -0.1) is 0 Å². The van der Waals surface area contributed by atoms with Crippen LogP contribution < -0.4 is 11.5 Å². The summed E-state index contributed by atoms with van der Waals surface area (Å²) in [6.45, 7) is 0. The second-order valence-electron chi connectivity index (χ2n) is 5.94. The van der Waals surface area contributed by atoms with E-state index in [1.807, 2.05) is 0 Å². The summed E-state index contributed by atoms with van der Waals surface area (Å²) in [4.78, 5) is 22.8. The molecule has 1 saturated heterocycles. The molecule has 0 radical (unpaired) electrons. The number of nitrogens with two attached hydrogens (primary N) is 2. The predicted octanol–water partition coefficient (Wildman–Crippen LogP) is -1.63. The monoisotopic (exact) mass is 432 g/mol. The number of aliphatic hydroxyl groups excluding tert-OH is 2.